The first-order valence-corrected chi connectivity index (χ1v) is 19.9. The second-order valence-electron chi connectivity index (χ2n) is 13.3. The summed E-state index contributed by atoms with van der Waals surface area (Å²) in [6.07, 6.45) is 1.69. The summed E-state index contributed by atoms with van der Waals surface area (Å²) in [5.41, 5.74) is 8.06. The molecule has 2 atom stereocenters. The Morgan fingerprint density at radius 2 is 1.83 bits per heavy atom. The summed E-state index contributed by atoms with van der Waals surface area (Å²) in [5.74, 6) is 0.106. The number of fused-ring (bicyclic) bond motifs is 1. The molecule has 4 rings (SSSR count). The summed E-state index contributed by atoms with van der Waals surface area (Å²) < 4.78 is 32.2. The zero-order valence-electron chi connectivity index (χ0n) is 29.8. The molecule has 12 heteroatoms. The molecular formula is C36H54N4O7Si. The maximum Gasteiger partial charge on any atom is 0.410 e. The van der Waals surface area contributed by atoms with Gasteiger partial charge in [0.2, 0.25) is 0 Å². The van der Waals surface area contributed by atoms with E-state index in [1.165, 1.54) is 0 Å². The topological polar surface area (TPSA) is 127 Å². The summed E-state index contributed by atoms with van der Waals surface area (Å²) in [5, 5.41) is 5.30. The van der Waals surface area contributed by atoms with Crippen LogP contribution >= 0.6 is 0 Å². The molecule has 0 radical (unpaired) electrons. The van der Waals surface area contributed by atoms with Gasteiger partial charge in [0, 0.05) is 23.7 Å². The monoisotopic (exact) mass is 682 g/mol. The predicted octanol–water partition coefficient (Wildman–Crippen LogP) is 7.87. The Labute approximate surface area is 286 Å². The Bertz CT molecular complexity index is 1500. The number of rotatable bonds is 15. The first-order chi connectivity index (χ1) is 22.9. The highest BCUT2D eigenvalue weighted by atomic mass is 28.4. The Kier molecular flexibility index (Phi) is 12.9. The second kappa shape index (κ2) is 16.7. The molecule has 1 saturated heterocycles. The maximum absolute atomic E-state index is 13.6. The van der Waals surface area contributed by atoms with Gasteiger partial charge in [-0.1, -0.05) is 32.9 Å². The van der Waals surface area contributed by atoms with Crippen molar-refractivity contribution in [1.29, 1.82) is 0 Å². The van der Waals surface area contributed by atoms with Gasteiger partial charge in [-0.15, -0.1) is 0 Å². The second-order valence-corrected chi connectivity index (χ2v) is 18.0. The SMILES string of the molecule is CCOC(=O)c1nn(C2CCCCO2)c2cc(OCCN(CC(O[Si](CC)(CC)CC)c3cccc(N)c3)C(=O)OC(C)(C)C)ccc12. The predicted molar refractivity (Wildman–Crippen MR) is 190 cm³/mol. The van der Waals surface area contributed by atoms with Crippen LogP contribution in [0.25, 0.3) is 10.9 Å². The van der Waals surface area contributed by atoms with E-state index in [4.69, 9.17) is 29.1 Å². The summed E-state index contributed by atoms with van der Waals surface area (Å²) in [4.78, 5) is 28.1. The van der Waals surface area contributed by atoms with Gasteiger partial charge >= 0.3 is 12.1 Å². The third-order valence-corrected chi connectivity index (χ3v) is 13.5. The van der Waals surface area contributed by atoms with Crippen molar-refractivity contribution in [2.45, 2.75) is 104 Å². The molecule has 1 amide bonds. The fourth-order valence-corrected chi connectivity index (χ4v) is 8.84. The van der Waals surface area contributed by atoms with Crippen molar-refractivity contribution in [2.75, 3.05) is 38.6 Å². The van der Waals surface area contributed by atoms with Crippen LogP contribution in [-0.4, -0.2) is 73.6 Å². The molecule has 1 aliphatic rings. The lowest BCUT2D eigenvalue weighted by Crippen LogP contribution is -2.45. The van der Waals surface area contributed by atoms with Gasteiger partial charge in [0.05, 0.1) is 31.3 Å². The molecule has 3 aromatic rings. The third-order valence-electron chi connectivity index (χ3n) is 8.85. The number of amides is 1. The number of ether oxygens (including phenoxy) is 4. The highest BCUT2D eigenvalue weighted by Crippen LogP contribution is 2.33. The number of carbonyl (C=O) groups excluding carboxylic acids is 2. The lowest BCUT2D eigenvalue weighted by molar-refractivity contribution is -0.0369. The van der Waals surface area contributed by atoms with Gasteiger partial charge in [-0.05, 0) is 94.9 Å². The number of esters is 1. The number of hydrogen-bond acceptors (Lipinski definition) is 9. The molecule has 2 heterocycles. The van der Waals surface area contributed by atoms with Crippen LogP contribution in [0.3, 0.4) is 0 Å². The van der Waals surface area contributed by atoms with Gasteiger partial charge < -0.3 is 34.0 Å². The van der Waals surface area contributed by atoms with Crippen molar-refractivity contribution >= 4 is 37.0 Å². The van der Waals surface area contributed by atoms with E-state index >= 15 is 0 Å². The number of anilines is 1. The fourth-order valence-electron chi connectivity index (χ4n) is 6.02. The number of benzene rings is 2. The molecule has 2 aromatic carbocycles. The van der Waals surface area contributed by atoms with Crippen molar-refractivity contribution in [2.24, 2.45) is 0 Å². The largest absolute Gasteiger partial charge is 0.492 e. The molecule has 1 aromatic heterocycles. The Morgan fingerprint density at radius 1 is 1.08 bits per heavy atom. The molecule has 0 spiro atoms. The van der Waals surface area contributed by atoms with Crippen molar-refractivity contribution in [3.8, 4) is 5.75 Å². The maximum atomic E-state index is 13.6. The number of aromatic nitrogens is 2. The first-order valence-electron chi connectivity index (χ1n) is 17.4. The average molecular weight is 683 g/mol. The molecule has 264 valence electrons. The number of hydrogen-bond donors (Lipinski definition) is 1. The highest BCUT2D eigenvalue weighted by molar-refractivity contribution is 6.73. The van der Waals surface area contributed by atoms with Crippen LogP contribution < -0.4 is 10.5 Å². The van der Waals surface area contributed by atoms with E-state index in [-0.39, 0.29) is 44.3 Å². The van der Waals surface area contributed by atoms with E-state index in [1.807, 2.05) is 57.2 Å². The first kappa shape index (κ1) is 37.2. The van der Waals surface area contributed by atoms with Crippen LogP contribution in [0.4, 0.5) is 10.5 Å². The molecule has 0 bridgehead atoms. The van der Waals surface area contributed by atoms with Crippen LogP contribution in [0.5, 0.6) is 5.75 Å². The van der Waals surface area contributed by atoms with Crippen molar-refractivity contribution in [3.63, 3.8) is 0 Å². The molecule has 0 aliphatic carbocycles. The molecule has 2 unspecified atom stereocenters. The molecule has 48 heavy (non-hydrogen) atoms. The van der Waals surface area contributed by atoms with E-state index in [0.717, 1.165) is 48.5 Å². The molecule has 1 aliphatic heterocycles. The van der Waals surface area contributed by atoms with Crippen LogP contribution in [0.1, 0.15) is 96.1 Å². The van der Waals surface area contributed by atoms with Crippen molar-refractivity contribution < 1.29 is 33.0 Å². The van der Waals surface area contributed by atoms with E-state index in [9.17, 15) is 9.59 Å². The van der Waals surface area contributed by atoms with E-state index in [0.29, 0.717) is 23.4 Å². The van der Waals surface area contributed by atoms with E-state index < -0.39 is 26.0 Å². The van der Waals surface area contributed by atoms with Gasteiger partial charge in [0.15, 0.2) is 20.2 Å². The zero-order valence-corrected chi connectivity index (χ0v) is 30.8. The minimum absolute atomic E-state index is 0.200. The molecular weight excluding hydrogens is 629 g/mol. The minimum Gasteiger partial charge on any atom is -0.492 e. The Balaban J connectivity index is 1.60. The summed E-state index contributed by atoms with van der Waals surface area (Å²) in [6.45, 7) is 15.5. The van der Waals surface area contributed by atoms with Gasteiger partial charge in [-0.3, -0.25) is 0 Å². The fraction of sp³-hybridized carbons (Fsp3) is 0.583. The van der Waals surface area contributed by atoms with Gasteiger partial charge in [-0.2, -0.15) is 5.10 Å². The van der Waals surface area contributed by atoms with E-state index in [1.54, 1.807) is 22.6 Å². The number of carbonyl (C=O) groups is 2. The van der Waals surface area contributed by atoms with Crippen molar-refractivity contribution in [3.05, 3.63) is 53.7 Å². The minimum atomic E-state index is -2.07. The Hall–Kier alpha value is -3.61. The number of nitrogens with zero attached hydrogens (tertiary/aromatic N) is 3. The molecule has 2 N–H and O–H groups in total. The number of nitrogen functional groups attached to an aromatic ring is 1. The normalized spacial score (nSPS) is 16.0. The number of nitrogens with two attached hydrogens (primary N) is 1. The molecule has 0 saturated carbocycles. The van der Waals surface area contributed by atoms with Gasteiger partial charge in [0.25, 0.3) is 0 Å². The highest BCUT2D eigenvalue weighted by Gasteiger charge is 2.35. The van der Waals surface area contributed by atoms with E-state index in [2.05, 4.69) is 25.9 Å². The van der Waals surface area contributed by atoms with Gasteiger partial charge in [-0.25, -0.2) is 14.3 Å². The summed E-state index contributed by atoms with van der Waals surface area (Å²) in [6, 6.07) is 16.1. The zero-order chi connectivity index (χ0) is 34.9. The standard InChI is InChI=1S/C36H54N4O7Si/c1-8-43-34(41)33-29-19-18-28(24-30(29)40(38-33)32-17-12-13-21-45-32)44-22-20-39(35(42)46-36(5,6)7)25-31(26-15-14-16-27(37)23-26)47-48(9-2,10-3)11-4/h14-16,18-19,23-24,31-32H,8-13,17,20-22,25,37H2,1-7H3. The molecule has 1 fully saturated rings. The van der Waals surface area contributed by atoms with Crippen LogP contribution in [-0.2, 0) is 18.6 Å². The summed E-state index contributed by atoms with van der Waals surface area (Å²) in [7, 11) is -2.07. The van der Waals surface area contributed by atoms with Crippen molar-refractivity contribution in [1.82, 2.24) is 14.7 Å². The third kappa shape index (κ3) is 9.51. The van der Waals surface area contributed by atoms with Crippen LogP contribution in [0.2, 0.25) is 18.1 Å². The van der Waals surface area contributed by atoms with Crippen LogP contribution in [0.15, 0.2) is 42.5 Å². The lowest BCUT2D eigenvalue weighted by atomic mass is 10.1. The lowest BCUT2D eigenvalue weighted by Gasteiger charge is -2.36. The smallest absolute Gasteiger partial charge is 0.410 e. The average Bonchev–Trinajstić information content (AvgIpc) is 3.45. The molecule has 11 nitrogen and oxygen atoms in total. The quantitative estimate of drug-likeness (QED) is 0.0968. The van der Waals surface area contributed by atoms with Gasteiger partial charge in [0.1, 0.15) is 18.0 Å². The Morgan fingerprint density at radius 3 is 2.46 bits per heavy atom. The van der Waals surface area contributed by atoms with Crippen LogP contribution in [0, 0.1) is 0 Å². The summed E-state index contributed by atoms with van der Waals surface area (Å²) >= 11 is 0.